The van der Waals surface area contributed by atoms with Crippen molar-refractivity contribution in [3.63, 3.8) is 0 Å². The summed E-state index contributed by atoms with van der Waals surface area (Å²) in [5, 5.41) is 3.29. The van der Waals surface area contributed by atoms with E-state index in [4.69, 9.17) is 16.3 Å². The maximum absolute atomic E-state index is 13.6. The SMILES string of the molecule is CC(C)(C)OC(=O)N1CCNCC1c1ccc(Cl)c(F)c1. The highest BCUT2D eigenvalue weighted by molar-refractivity contribution is 6.30. The van der Waals surface area contributed by atoms with E-state index in [0.29, 0.717) is 25.2 Å². The van der Waals surface area contributed by atoms with Crippen LogP contribution in [0.25, 0.3) is 0 Å². The molecule has 1 aromatic carbocycles. The van der Waals surface area contributed by atoms with Gasteiger partial charge >= 0.3 is 6.09 Å². The van der Waals surface area contributed by atoms with E-state index in [2.05, 4.69) is 5.32 Å². The second-order valence-corrected chi connectivity index (χ2v) is 6.47. The normalized spacial score (nSPS) is 19.5. The van der Waals surface area contributed by atoms with E-state index in [1.807, 2.05) is 20.8 Å². The number of halogens is 2. The largest absolute Gasteiger partial charge is 0.444 e. The van der Waals surface area contributed by atoms with Gasteiger partial charge in [-0.2, -0.15) is 0 Å². The molecule has 0 bridgehead atoms. The number of piperazine rings is 1. The standard InChI is InChI=1S/C15H20ClFN2O2/c1-15(2,3)21-14(20)19-7-6-18-9-13(19)10-4-5-11(16)12(17)8-10/h4-5,8,13,18H,6-7,9H2,1-3H3. The number of hydrogen-bond acceptors (Lipinski definition) is 3. The van der Waals surface area contributed by atoms with Crippen LogP contribution in [-0.4, -0.2) is 36.2 Å². The summed E-state index contributed by atoms with van der Waals surface area (Å²) in [7, 11) is 0. The van der Waals surface area contributed by atoms with Crippen molar-refractivity contribution in [2.75, 3.05) is 19.6 Å². The number of nitrogens with zero attached hydrogens (tertiary/aromatic N) is 1. The van der Waals surface area contributed by atoms with Gasteiger partial charge < -0.3 is 10.1 Å². The molecule has 1 heterocycles. The Hall–Kier alpha value is -1.33. The Balaban J connectivity index is 2.22. The molecule has 6 heteroatoms. The number of ether oxygens (including phenoxy) is 1. The molecule has 0 aliphatic carbocycles. The maximum atomic E-state index is 13.6. The van der Waals surface area contributed by atoms with Gasteiger partial charge in [0.1, 0.15) is 11.4 Å². The average Bonchev–Trinajstić information content (AvgIpc) is 2.40. The number of carbonyl (C=O) groups is 1. The Labute approximate surface area is 129 Å². The van der Waals surface area contributed by atoms with Crippen LogP contribution in [0.2, 0.25) is 5.02 Å². The molecule has 1 unspecified atom stereocenters. The number of carbonyl (C=O) groups excluding carboxylic acids is 1. The van der Waals surface area contributed by atoms with Crippen LogP contribution in [0, 0.1) is 5.82 Å². The first-order valence-corrected chi connectivity index (χ1v) is 7.31. The van der Waals surface area contributed by atoms with Gasteiger partial charge in [-0.1, -0.05) is 17.7 Å². The second-order valence-electron chi connectivity index (χ2n) is 6.07. The molecule has 0 saturated carbocycles. The molecule has 1 fully saturated rings. The minimum atomic E-state index is -0.558. The average molecular weight is 315 g/mol. The molecule has 0 spiro atoms. The molecular weight excluding hydrogens is 295 g/mol. The van der Waals surface area contributed by atoms with Gasteiger partial charge in [-0.05, 0) is 38.5 Å². The molecule has 116 valence electrons. The van der Waals surface area contributed by atoms with Gasteiger partial charge in [0, 0.05) is 19.6 Å². The highest BCUT2D eigenvalue weighted by Crippen LogP contribution is 2.27. The first-order valence-electron chi connectivity index (χ1n) is 6.93. The fraction of sp³-hybridized carbons (Fsp3) is 0.533. The van der Waals surface area contributed by atoms with Gasteiger partial charge in [-0.3, -0.25) is 4.90 Å². The van der Waals surface area contributed by atoms with E-state index in [0.717, 1.165) is 0 Å². The van der Waals surface area contributed by atoms with Crippen LogP contribution in [-0.2, 0) is 4.74 Å². The van der Waals surface area contributed by atoms with Crippen LogP contribution in [0.5, 0.6) is 0 Å². The molecule has 2 rings (SSSR count). The number of rotatable bonds is 1. The molecule has 4 nitrogen and oxygen atoms in total. The van der Waals surface area contributed by atoms with Crippen molar-refractivity contribution in [1.82, 2.24) is 10.2 Å². The van der Waals surface area contributed by atoms with Gasteiger partial charge in [0.05, 0.1) is 11.1 Å². The minimum Gasteiger partial charge on any atom is -0.444 e. The second kappa shape index (κ2) is 6.20. The summed E-state index contributed by atoms with van der Waals surface area (Å²) < 4.78 is 19.1. The molecule has 1 saturated heterocycles. The maximum Gasteiger partial charge on any atom is 0.410 e. The van der Waals surface area contributed by atoms with E-state index in [1.54, 1.807) is 11.0 Å². The van der Waals surface area contributed by atoms with Crippen LogP contribution < -0.4 is 5.32 Å². The van der Waals surface area contributed by atoms with E-state index < -0.39 is 11.4 Å². The molecule has 1 aliphatic heterocycles. The molecular formula is C15H20ClFN2O2. The van der Waals surface area contributed by atoms with Crippen molar-refractivity contribution in [3.05, 3.63) is 34.6 Å². The van der Waals surface area contributed by atoms with Gasteiger partial charge in [0.15, 0.2) is 0 Å². The fourth-order valence-corrected chi connectivity index (χ4v) is 2.38. The van der Waals surface area contributed by atoms with Crippen LogP contribution in [0.1, 0.15) is 32.4 Å². The smallest absolute Gasteiger partial charge is 0.410 e. The fourth-order valence-electron chi connectivity index (χ4n) is 2.26. The predicted molar refractivity (Wildman–Crippen MR) is 80.0 cm³/mol. The third kappa shape index (κ3) is 4.08. The third-order valence-corrected chi connectivity index (χ3v) is 3.51. The van der Waals surface area contributed by atoms with Crippen molar-refractivity contribution in [1.29, 1.82) is 0 Å². The first-order chi connectivity index (χ1) is 9.78. The molecule has 1 aromatic rings. The van der Waals surface area contributed by atoms with Crippen LogP contribution in [0.4, 0.5) is 9.18 Å². The Morgan fingerprint density at radius 2 is 2.19 bits per heavy atom. The monoisotopic (exact) mass is 314 g/mol. The summed E-state index contributed by atoms with van der Waals surface area (Å²) in [6.45, 7) is 7.23. The van der Waals surface area contributed by atoms with E-state index in [1.165, 1.54) is 12.1 Å². The molecule has 1 amide bonds. The van der Waals surface area contributed by atoms with E-state index in [9.17, 15) is 9.18 Å². The predicted octanol–water partition coefficient (Wildman–Crippen LogP) is 3.36. The zero-order valence-electron chi connectivity index (χ0n) is 12.5. The van der Waals surface area contributed by atoms with Crippen molar-refractivity contribution in [2.45, 2.75) is 32.4 Å². The summed E-state index contributed by atoms with van der Waals surface area (Å²) in [5.41, 5.74) is 0.146. The van der Waals surface area contributed by atoms with E-state index in [-0.39, 0.29) is 17.2 Å². The molecule has 0 radical (unpaired) electrons. The highest BCUT2D eigenvalue weighted by atomic mass is 35.5. The molecule has 0 aromatic heterocycles. The lowest BCUT2D eigenvalue weighted by Gasteiger charge is -2.37. The third-order valence-electron chi connectivity index (χ3n) is 3.20. The molecule has 21 heavy (non-hydrogen) atoms. The molecule has 1 N–H and O–H groups in total. The van der Waals surface area contributed by atoms with E-state index >= 15 is 0 Å². The number of amides is 1. The lowest BCUT2D eigenvalue weighted by molar-refractivity contribution is 0.0117. The van der Waals surface area contributed by atoms with Gasteiger partial charge in [-0.15, -0.1) is 0 Å². The van der Waals surface area contributed by atoms with Crippen LogP contribution in [0.3, 0.4) is 0 Å². The summed E-state index contributed by atoms with van der Waals surface area (Å²) in [4.78, 5) is 13.9. The van der Waals surface area contributed by atoms with Gasteiger partial charge in [0.25, 0.3) is 0 Å². The summed E-state index contributed by atoms with van der Waals surface area (Å²) in [6.07, 6.45) is -0.385. The zero-order chi connectivity index (χ0) is 15.6. The summed E-state index contributed by atoms with van der Waals surface area (Å²) >= 11 is 5.71. The number of nitrogens with one attached hydrogen (secondary N) is 1. The Morgan fingerprint density at radius 3 is 2.81 bits per heavy atom. The molecule has 1 atom stereocenters. The Kier molecular flexibility index (Phi) is 4.74. The van der Waals surface area contributed by atoms with Crippen molar-refractivity contribution >= 4 is 17.7 Å². The molecule has 1 aliphatic rings. The van der Waals surface area contributed by atoms with Crippen LogP contribution in [0.15, 0.2) is 18.2 Å². The summed E-state index contributed by atoms with van der Waals surface area (Å²) in [5.74, 6) is -0.483. The van der Waals surface area contributed by atoms with Crippen molar-refractivity contribution in [2.24, 2.45) is 0 Å². The summed E-state index contributed by atoms with van der Waals surface area (Å²) in [6, 6.07) is 4.35. The highest BCUT2D eigenvalue weighted by Gasteiger charge is 2.31. The topological polar surface area (TPSA) is 41.6 Å². The Bertz CT molecular complexity index is 531. The number of hydrogen-bond donors (Lipinski definition) is 1. The minimum absolute atomic E-state index is 0.0753. The zero-order valence-corrected chi connectivity index (χ0v) is 13.2. The van der Waals surface area contributed by atoms with Crippen molar-refractivity contribution < 1.29 is 13.9 Å². The van der Waals surface area contributed by atoms with Crippen molar-refractivity contribution in [3.8, 4) is 0 Å². The lowest BCUT2D eigenvalue weighted by atomic mass is 10.0. The first kappa shape index (κ1) is 16.0. The Morgan fingerprint density at radius 1 is 1.48 bits per heavy atom. The quantitative estimate of drug-likeness (QED) is 0.864. The lowest BCUT2D eigenvalue weighted by Crippen LogP contribution is -2.50. The van der Waals surface area contributed by atoms with Crippen LogP contribution >= 0.6 is 11.6 Å². The van der Waals surface area contributed by atoms with Gasteiger partial charge in [0.2, 0.25) is 0 Å². The van der Waals surface area contributed by atoms with Gasteiger partial charge in [-0.25, -0.2) is 9.18 Å². The number of benzene rings is 1.